The van der Waals surface area contributed by atoms with Crippen molar-refractivity contribution in [2.45, 2.75) is 19.8 Å². The van der Waals surface area contributed by atoms with Crippen LogP contribution in [0.3, 0.4) is 0 Å². The molecule has 0 fully saturated rings. The van der Waals surface area contributed by atoms with Crippen molar-refractivity contribution < 1.29 is 4.39 Å². The van der Waals surface area contributed by atoms with E-state index in [-0.39, 0.29) is 5.69 Å². The van der Waals surface area contributed by atoms with Crippen molar-refractivity contribution in [3.63, 3.8) is 0 Å². The van der Waals surface area contributed by atoms with Crippen LogP contribution in [0.25, 0.3) is 11.1 Å². The number of anilines is 1. The van der Waals surface area contributed by atoms with Crippen LogP contribution in [0.1, 0.15) is 25.5 Å². The Balaban J connectivity index is 2.43. The van der Waals surface area contributed by atoms with Crippen molar-refractivity contribution in [3.8, 4) is 11.1 Å². The van der Waals surface area contributed by atoms with Gasteiger partial charge >= 0.3 is 0 Å². The number of nitrogen functional groups attached to an aromatic ring is 1. The van der Waals surface area contributed by atoms with E-state index in [4.69, 9.17) is 5.73 Å². The Kier molecular flexibility index (Phi) is 3.09. The standard InChI is InChI=1S/C14H15FN2/c1-9(2)13-7-6-10(8-17-13)11-4-3-5-12(15)14(11)16/h3-9H,16H2,1-2H3. The number of rotatable bonds is 2. The third-order valence-electron chi connectivity index (χ3n) is 2.74. The highest BCUT2D eigenvalue weighted by Gasteiger charge is 2.07. The quantitative estimate of drug-likeness (QED) is 0.801. The summed E-state index contributed by atoms with van der Waals surface area (Å²) in [6, 6.07) is 8.68. The monoisotopic (exact) mass is 230 g/mol. The number of halogens is 1. The molecule has 0 atom stereocenters. The van der Waals surface area contributed by atoms with Gasteiger partial charge in [-0.2, -0.15) is 0 Å². The van der Waals surface area contributed by atoms with E-state index in [2.05, 4.69) is 18.8 Å². The van der Waals surface area contributed by atoms with Gasteiger partial charge in [0.05, 0.1) is 5.69 Å². The van der Waals surface area contributed by atoms with Crippen molar-refractivity contribution in [3.05, 3.63) is 48.0 Å². The minimum absolute atomic E-state index is 0.173. The average molecular weight is 230 g/mol. The molecular formula is C14H15FN2. The molecule has 1 aromatic carbocycles. The van der Waals surface area contributed by atoms with Crippen molar-refractivity contribution in [2.75, 3.05) is 5.73 Å². The molecule has 0 aliphatic heterocycles. The lowest BCUT2D eigenvalue weighted by atomic mass is 10.0. The third kappa shape index (κ3) is 2.28. The van der Waals surface area contributed by atoms with E-state index < -0.39 is 5.82 Å². The first-order valence-electron chi connectivity index (χ1n) is 5.60. The maximum atomic E-state index is 13.3. The molecule has 2 N–H and O–H groups in total. The zero-order valence-electron chi connectivity index (χ0n) is 9.94. The number of para-hydroxylation sites is 1. The number of pyridine rings is 1. The number of nitrogens with two attached hydrogens (primary N) is 1. The summed E-state index contributed by atoms with van der Waals surface area (Å²) in [6.45, 7) is 4.16. The summed E-state index contributed by atoms with van der Waals surface area (Å²) in [5.41, 5.74) is 8.43. The Morgan fingerprint density at radius 2 is 1.94 bits per heavy atom. The molecule has 0 unspecified atom stereocenters. The van der Waals surface area contributed by atoms with Gasteiger partial charge < -0.3 is 5.73 Å². The van der Waals surface area contributed by atoms with Gasteiger partial charge in [0.15, 0.2) is 0 Å². The maximum Gasteiger partial charge on any atom is 0.146 e. The van der Waals surface area contributed by atoms with Gasteiger partial charge in [-0.1, -0.05) is 32.0 Å². The van der Waals surface area contributed by atoms with Crippen LogP contribution in [0.15, 0.2) is 36.5 Å². The summed E-state index contributed by atoms with van der Waals surface area (Å²) in [4.78, 5) is 4.35. The predicted molar refractivity (Wildman–Crippen MR) is 68.1 cm³/mol. The number of hydrogen-bond acceptors (Lipinski definition) is 2. The Hall–Kier alpha value is -1.90. The van der Waals surface area contributed by atoms with E-state index in [1.807, 2.05) is 12.1 Å². The first-order chi connectivity index (χ1) is 8.09. The summed E-state index contributed by atoms with van der Waals surface area (Å²) in [5, 5.41) is 0. The molecule has 0 aliphatic carbocycles. The van der Waals surface area contributed by atoms with E-state index >= 15 is 0 Å². The van der Waals surface area contributed by atoms with Crippen LogP contribution in [-0.4, -0.2) is 4.98 Å². The van der Waals surface area contributed by atoms with E-state index in [9.17, 15) is 4.39 Å². The smallest absolute Gasteiger partial charge is 0.146 e. The lowest BCUT2D eigenvalue weighted by molar-refractivity contribution is 0.633. The fourth-order valence-corrected chi connectivity index (χ4v) is 1.69. The summed E-state index contributed by atoms with van der Waals surface area (Å²) in [5.74, 6) is -0.00987. The van der Waals surface area contributed by atoms with E-state index in [0.29, 0.717) is 11.5 Å². The molecule has 1 aromatic heterocycles. The topological polar surface area (TPSA) is 38.9 Å². The molecule has 1 heterocycles. The fraction of sp³-hybridized carbons (Fsp3) is 0.214. The second-order valence-corrected chi connectivity index (χ2v) is 4.33. The van der Waals surface area contributed by atoms with Gasteiger partial charge in [0.1, 0.15) is 5.82 Å². The SMILES string of the molecule is CC(C)c1ccc(-c2cccc(F)c2N)cn1. The Morgan fingerprint density at radius 3 is 2.53 bits per heavy atom. The predicted octanol–water partition coefficient (Wildman–Crippen LogP) is 3.59. The fourth-order valence-electron chi connectivity index (χ4n) is 1.69. The van der Waals surface area contributed by atoms with Crippen LogP contribution in [0.2, 0.25) is 0 Å². The Labute approximate surface area is 100 Å². The maximum absolute atomic E-state index is 13.3. The molecule has 3 heteroatoms. The average Bonchev–Trinajstić information content (AvgIpc) is 2.33. The second-order valence-electron chi connectivity index (χ2n) is 4.33. The van der Waals surface area contributed by atoms with Gasteiger partial charge in [-0.15, -0.1) is 0 Å². The summed E-state index contributed by atoms with van der Waals surface area (Å²) in [6.07, 6.45) is 1.74. The molecule has 0 radical (unpaired) electrons. The molecule has 0 bridgehead atoms. The molecule has 0 spiro atoms. The van der Waals surface area contributed by atoms with Gasteiger partial charge in [-0.05, 0) is 18.1 Å². The van der Waals surface area contributed by atoms with Crippen LogP contribution in [0.4, 0.5) is 10.1 Å². The van der Waals surface area contributed by atoms with E-state index in [1.165, 1.54) is 6.07 Å². The molecule has 2 nitrogen and oxygen atoms in total. The summed E-state index contributed by atoms with van der Waals surface area (Å²) in [7, 11) is 0. The number of benzene rings is 1. The molecule has 0 saturated heterocycles. The second kappa shape index (κ2) is 4.53. The normalized spacial score (nSPS) is 10.8. The minimum Gasteiger partial charge on any atom is -0.396 e. The van der Waals surface area contributed by atoms with Crippen molar-refractivity contribution >= 4 is 5.69 Å². The van der Waals surface area contributed by atoms with Gasteiger partial charge in [-0.25, -0.2) is 4.39 Å². The minimum atomic E-state index is -0.393. The van der Waals surface area contributed by atoms with Crippen LogP contribution < -0.4 is 5.73 Å². The number of hydrogen-bond donors (Lipinski definition) is 1. The molecule has 0 saturated carbocycles. The Bertz CT molecular complexity index is 518. The zero-order valence-corrected chi connectivity index (χ0v) is 9.94. The van der Waals surface area contributed by atoms with Crippen molar-refractivity contribution in [2.24, 2.45) is 0 Å². The molecule has 88 valence electrons. The van der Waals surface area contributed by atoms with Crippen LogP contribution in [-0.2, 0) is 0 Å². The van der Waals surface area contributed by atoms with E-state index in [0.717, 1.165) is 11.3 Å². The van der Waals surface area contributed by atoms with Gasteiger partial charge in [-0.3, -0.25) is 4.98 Å². The van der Waals surface area contributed by atoms with Crippen molar-refractivity contribution in [1.29, 1.82) is 0 Å². The first kappa shape index (κ1) is 11.6. The highest BCUT2D eigenvalue weighted by molar-refractivity contribution is 5.76. The third-order valence-corrected chi connectivity index (χ3v) is 2.74. The molecule has 17 heavy (non-hydrogen) atoms. The van der Waals surface area contributed by atoms with Crippen molar-refractivity contribution in [1.82, 2.24) is 4.98 Å². The molecule has 0 amide bonds. The largest absolute Gasteiger partial charge is 0.396 e. The molecule has 2 rings (SSSR count). The number of aromatic nitrogens is 1. The molecule has 2 aromatic rings. The highest BCUT2D eigenvalue weighted by Crippen LogP contribution is 2.27. The van der Waals surface area contributed by atoms with Gasteiger partial charge in [0.25, 0.3) is 0 Å². The van der Waals surface area contributed by atoms with E-state index in [1.54, 1.807) is 18.3 Å². The van der Waals surface area contributed by atoms with Crippen LogP contribution >= 0.6 is 0 Å². The van der Waals surface area contributed by atoms with Crippen LogP contribution in [0.5, 0.6) is 0 Å². The lowest BCUT2D eigenvalue weighted by Gasteiger charge is -2.08. The highest BCUT2D eigenvalue weighted by atomic mass is 19.1. The lowest BCUT2D eigenvalue weighted by Crippen LogP contribution is -1.96. The summed E-state index contributed by atoms with van der Waals surface area (Å²) >= 11 is 0. The molecule has 0 aliphatic rings. The molecular weight excluding hydrogens is 215 g/mol. The van der Waals surface area contributed by atoms with Crippen LogP contribution in [0, 0.1) is 5.82 Å². The first-order valence-corrected chi connectivity index (χ1v) is 5.60. The number of nitrogens with zero attached hydrogens (tertiary/aromatic N) is 1. The van der Waals surface area contributed by atoms with Gasteiger partial charge in [0, 0.05) is 23.0 Å². The Morgan fingerprint density at radius 1 is 1.18 bits per heavy atom. The van der Waals surface area contributed by atoms with Gasteiger partial charge in [0.2, 0.25) is 0 Å². The zero-order chi connectivity index (χ0) is 12.4. The summed E-state index contributed by atoms with van der Waals surface area (Å²) < 4.78 is 13.3.